The van der Waals surface area contributed by atoms with Crippen molar-refractivity contribution >= 4 is 0 Å². The van der Waals surface area contributed by atoms with Crippen LogP contribution < -0.4 is 0 Å². The first-order valence-corrected chi connectivity index (χ1v) is 6.83. The van der Waals surface area contributed by atoms with Gasteiger partial charge in [0, 0.05) is 0 Å². The van der Waals surface area contributed by atoms with E-state index in [1.807, 2.05) is 0 Å². The van der Waals surface area contributed by atoms with Crippen LogP contribution in [0.5, 0.6) is 0 Å². The monoisotopic (exact) mass is 240 g/mol. The van der Waals surface area contributed by atoms with E-state index in [9.17, 15) is 5.11 Å². The van der Waals surface area contributed by atoms with Gasteiger partial charge in [-0.15, -0.1) is 0 Å². The summed E-state index contributed by atoms with van der Waals surface area (Å²) in [7, 11) is 0. The van der Waals surface area contributed by atoms with Crippen LogP contribution in [0.3, 0.4) is 0 Å². The largest absolute Gasteiger partial charge is 0.384 e. The molecule has 2 unspecified atom stereocenters. The highest BCUT2D eigenvalue weighted by molar-refractivity contribution is 5.45. The number of benzene rings is 1. The second kappa shape index (κ2) is 4.40. The lowest BCUT2D eigenvalue weighted by molar-refractivity contribution is 0.217. The van der Waals surface area contributed by atoms with E-state index in [2.05, 4.69) is 44.2 Å². The number of aliphatic hydroxyl groups excluding tert-OH is 1. The van der Waals surface area contributed by atoms with Crippen LogP contribution in [-0.2, 0) is 6.42 Å². The fraction of sp³-hybridized carbons (Fsp3) is 0.412. The molecule has 2 aliphatic carbocycles. The van der Waals surface area contributed by atoms with Gasteiger partial charge in [-0.05, 0) is 48.8 Å². The lowest BCUT2D eigenvalue weighted by Gasteiger charge is -2.21. The molecule has 2 atom stereocenters. The van der Waals surface area contributed by atoms with Gasteiger partial charge in [0.15, 0.2) is 0 Å². The van der Waals surface area contributed by atoms with Crippen molar-refractivity contribution in [3.63, 3.8) is 0 Å². The number of fused-ring (bicyclic) bond motifs is 1. The van der Waals surface area contributed by atoms with Crippen molar-refractivity contribution in [2.24, 2.45) is 5.92 Å². The summed E-state index contributed by atoms with van der Waals surface area (Å²) in [5.41, 5.74) is 6.30. The summed E-state index contributed by atoms with van der Waals surface area (Å²) in [4.78, 5) is 0. The van der Waals surface area contributed by atoms with Gasteiger partial charge in [-0.25, -0.2) is 0 Å². The molecule has 1 N–H and O–H groups in total. The maximum atomic E-state index is 10.6. The summed E-state index contributed by atoms with van der Waals surface area (Å²) < 4.78 is 0. The Kier molecular flexibility index (Phi) is 2.87. The van der Waals surface area contributed by atoms with Crippen LogP contribution in [0.1, 0.15) is 42.6 Å². The van der Waals surface area contributed by atoms with Crippen LogP contribution in [0.15, 0.2) is 41.5 Å². The van der Waals surface area contributed by atoms with E-state index < -0.39 is 6.10 Å². The molecule has 18 heavy (non-hydrogen) atoms. The Morgan fingerprint density at radius 3 is 2.89 bits per heavy atom. The quantitative estimate of drug-likeness (QED) is 0.730. The molecule has 94 valence electrons. The van der Waals surface area contributed by atoms with Gasteiger partial charge in [0.1, 0.15) is 6.10 Å². The van der Waals surface area contributed by atoms with Gasteiger partial charge in [-0.2, -0.15) is 0 Å². The molecule has 1 heteroatoms. The van der Waals surface area contributed by atoms with Crippen molar-refractivity contribution in [3.8, 4) is 0 Å². The van der Waals surface area contributed by atoms with Gasteiger partial charge in [-0.1, -0.05) is 48.4 Å². The highest BCUT2D eigenvalue weighted by Crippen LogP contribution is 2.38. The van der Waals surface area contributed by atoms with Gasteiger partial charge >= 0.3 is 0 Å². The molecule has 1 nitrogen and oxygen atoms in total. The van der Waals surface area contributed by atoms with Crippen LogP contribution in [0.2, 0.25) is 0 Å². The van der Waals surface area contributed by atoms with Crippen LogP contribution in [0, 0.1) is 12.8 Å². The van der Waals surface area contributed by atoms with E-state index in [-0.39, 0.29) is 0 Å². The summed E-state index contributed by atoms with van der Waals surface area (Å²) in [6.07, 6.45) is 7.20. The number of aliphatic hydroxyl groups is 1. The Bertz CT molecular complexity index is 537. The Morgan fingerprint density at radius 2 is 2.06 bits per heavy atom. The zero-order valence-corrected chi connectivity index (χ0v) is 11.1. The normalized spacial score (nSPS) is 26.6. The van der Waals surface area contributed by atoms with E-state index in [0.717, 1.165) is 30.4 Å². The zero-order valence-electron chi connectivity index (χ0n) is 11.1. The van der Waals surface area contributed by atoms with E-state index in [1.54, 1.807) is 0 Å². The van der Waals surface area contributed by atoms with E-state index in [0.29, 0.717) is 5.92 Å². The summed E-state index contributed by atoms with van der Waals surface area (Å²) >= 11 is 0. The number of aryl methyl sites for hydroxylation is 2. The van der Waals surface area contributed by atoms with Crippen LogP contribution in [0.25, 0.3) is 0 Å². The molecule has 0 spiro atoms. The van der Waals surface area contributed by atoms with E-state index >= 15 is 0 Å². The maximum Gasteiger partial charge on any atom is 0.104 e. The molecule has 3 rings (SSSR count). The van der Waals surface area contributed by atoms with Crippen LogP contribution in [0.4, 0.5) is 0 Å². The lowest BCUT2D eigenvalue weighted by Crippen LogP contribution is -2.07. The third kappa shape index (κ3) is 1.93. The topological polar surface area (TPSA) is 20.2 Å². The zero-order chi connectivity index (χ0) is 12.7. The summed E-state index contributed by atoms with van der Waals surface area (Å²) in [5, 5.41) is 10.6. The van der Waals surface area contributed by atoms with Gasteiger partial charge in [0.2, 0.25) is 0 Å². The molecule has 0 saturated heterocycles. The Morgan fingerprint density at radius 1 is 1.22 bits per heavy atom. The highest BCUT2D eigenvalue weighted by Gasteiger charge is 2.25. The summed E-state index contributed by atoms with van der Waals surface area (Å²) in [6.45, 7) is 4.36. The minimum atomic E-state index is -0.429. The molecule has 0 fully saturated rings. The number of hydrogen-bond acceptors (Lipinski definition) is 1. The van der Waals surface area contributed by atoms with E-state index in [1.165, 1.54) is 16.7 Å². The van der Waals surface area contributed by atoms with Crippen LogP contribution in [-0.4, -0.2) is 5.11 Å². The third-order valence-electron chi connectivity index (χ3n) is 4.16. The minimum absolute atomic E-state index is 0.429. The Hall–Kier alpha value is -1.34. The summed E-state index contributed by atoms with van der Waals surface area (Å²) in [5.74, 6) is 0.610. The van der Waals surface area contributed by atoms with Gasteiger partial charge in [0.05, 0.1) is 0 Å². The van der Waals surface area contributed by atoms with Crippen molar-refractivity contribution < 1.29 is 5.11 Å². The van der Waals surface area contributed by atoms with Crippen molar-refractivity contribution in [2.45, 2.75) is 39.2 Å². The smallest absolute Gasteiger partial charge is 0.104 e. The molecular formula is C17H20O. The number of hydrogen-bond donors (Lipinski definition) is 1. The fourth-order valence-corrected chi connectivity index (χ4v) is 3.16. The van der Waals surface area contributed by atoms with Crippen molar-refractivity contribution in [3.05, 3.63) is 58.2 Å². The first-order valence-electron chi connectivity index (χ1n) is 6.83. The molecule has 1 aromatic rings. The second-order valence-electron chi connectivity index (χ2n) is 5.70. The van der Waals surface area contributed by atoms with Crippen molar-refractivity contribution in [1.82, 2.24) is 0 Å². The average molecular weight is 240 g/mol. The summed E-state index contributed by atoms with van der Waals surface area (Å²) in [6, 6.07) is 6.42. The predicted octanol–water partition coefficient (Wildman–Crippen LogP) is 3.87. The van der Waals surface area contributed by atoms with E-state index in [4.69, 9.17) is 0 Å². The first-order chi connectivity index (χ1) is 8.65. The van der Waals surface area contributed by atoms with Crippen molar-refractivity contribution in [2.75, 3.05) is 0 Å². The SMILES string of the molecule is Cc1ccc2c(c1)CCC1=C(C=CC(C)C1)C2O. The second-order valence-corrected chi connectivity index (χ2v) is 5.70. The standard InChI is InChI=1S/C17H20O/c1-11-3-7-15-13(9-11)5-6-14-10-12(2)4-8-16(14)17(15)18/h3-4,7-9,12,17-18H,5-6,10H2,1-2H3. The molecule has 0 saturated carbocycles. The third-order valence-corrected chi connectivity index (χ3v) is 4.16. The van der Waals surface area contributed by atoms with Crippen molar-refractivity contribution in [1.29, 1.82) is 0 Å². The molecule has 0 radical (unpaired) electrons. The van der Waals surface area contributed by atoms with Gasteiger partial charge in [-0.3, -0.25) is 0 Å². The first kappa shape index (κ1) is 11.7. The fourth-order valence-electron chi connectivity index (χ4n) is 3.16. The Balaban J connectivity index is 2.05. The number of rotatable bonds is 0. The predicted molar refractivity (Wildman–Crippen MR) is 74.4 cm³/mol. The lowest BCUT2D eigenvalue weighted by atomic mass is 9.86. The maximum absolute atomic E-state index is 10.6. The Labute approximate surface area is 109 Å². The van der Waals surface area contributed by atoms with Gasteiger partial charge in [0.25, 0.3) is 0 Å². The van der Waals surface area contributed by atoms with Crippen LogP contribution >= 0.6 is 0 Å². The van der Waals surface area contributed by atoms with Gasteiger partial charge < -0.3 is 5.11 Å². The molecule has 0 heterocycles. The molecule has 0 aromatic heterocycles. The molecular weight excluding hydrogens is 220 g/mol. The highest BCUT2D eigenvalue weighted by atomic mass is 16.3. The molecule has 0 aliphatic heterocycles. The molecule has 2 aliphatic rings. The molecule has 0 amide bonds. The average Bonchev–Trinajstić information content (AvgIpc) is 2.47. The molecule has 0 bridgehead atoms. The minimum Gasteiger partial charge on any atom is -0.384 e. The number of allylic oxidation sites excluding steroid dienone is 2. The molecule has 1 aromatic carbocycles.